The summed E-state index contributed by atoms with van der Waals surface area (Å²) >= 11 is 1.53. The minimum Gasteiger partial charge on any atom is -0.403 e. The number of hydrogen-bond acceptors (Lipinski definition) is 6. The van der Waals surface area contributed by atoms with Gasteiger partial charge in [0.15, 0.2) is 0 Å². The third kappa shape index (κ3) is 2.33. The molecule has 0 unspecified atom stereocenters. The molecule has 0 saturated carbocycles. The van der Waals surface area contributed by atoms with Gasteiger partial charge in [0.05, 0.1) is 4.92 Å². The molecule has 116 valence electrons. The Labute approximate surface area is 134 Å². The molecule has 0 amide bonds. The first-order chi connectivity index (χ1) is 11.1. The molecular formula is C16H12N2O4S. The lowest BCUT2D eigenvalue weighted by molar-refractivity contribution is -0.384. The highest BCUT2D eigenvalue weighted by Crippen LogP contribution is 2.34. The van der Waals surface area contributed by atoms with Gasteiger partial charge in [-0.25, -0.2) is 9.78 Å². The van der Waals surface area contributed by atoms with Crippen molar-refractivity contribution in [2.75, 3.05) is 0 Å². The summed E-state index contributed by atoms with van der Waals surface area (Å²) in [4.78, 5) is 29.1. The van der Waals surface area contributed by atoms with E-state index >= 15 is 0 Å². The maximum Gasteiger partial charge on any atom is 0.348 e. The topological polar surface area (TPSA) is 86.2 Å². The van der Waals surface area contributed by atoms with E-state index in [1.807, 2.05) is 0 Å². The van der Waals surface area contributed by atoms with Crippen molar-refractivity contribution in [1.29, 1.82) is 0 Å². The van der Waals surface area contributed by atoms with Crippen molar-refractivity contribution in [3.63, 3.8) is 0 Å². The van der Waals surface area contributed by atoms with Crippen LogP contribution in [0.25, 0.3) is 21.7 Å². The van der Waals surface area contributed by atoms with Crippen LogP contribution in [-0.4, -0.2) is 9.91 Å². The highest BCUT2D eigenvalue weighted by atomic mass is 32.1. The molecule has 0 atom stereocenters. The van der Waals surface area contributed by atoms with Gasteiger partial charge in [-0.1, -0.05) is 6.07 Å². The Bertz CT molecular complexity index is 989. The van der Waals surface area contributed by atoms with E-state index < -0.39 is 10.5 Å². The summed E-state index contributed by atoms with van der Waals surface area (Å²) < 4.78 is 5.35. The van der Waals surface area contributed by atoms with Crippen molar-refractivity contribution in [2.24, 2.45) is 0 Å². The summed E-state index contributed by atoms with van der Waals surface area (Å²) in [5.74, 6) is 0.129. The minimum atomic E-state index is -0.482. The second kappa shape index (κ2) is 5.27. The Kier molecular flexibility index (Phi) is 3.23. The standard InChI is InChI=1S/C16H12N2O4S/c19-16-13-11-6-1-2-7-12(11)23-15(13)17-14(22-16)9-4-3-5-10(8-9)18(20)21/h3-5,8H,1-2,6-7H2. The van der Waals surface area contributed by atoms with E-state index in [1.165, 1.54) is 28.3 Å². The predicted molar refractivity (Wildman–Crippen MR) is 86.9 cm³/mol. The second-order valence-corrected chi connectivity index (χ2v) is 6.59. The molecule has 1 aliphatic carbocycles. The molecule has 0 fully saturated rings. The Morgan fingerprint density at radius 1 is 1.26 bits per heavy atom. The number of nitrogens with zero attached hydrogens (tertiary/aromatic N) is 2. The maximum absolute atomic E-state index is 12.4. The van der Waals surface area contributed by atoms with Gasteiger partial charge < -0.3 is 4.42 Å². The lowest BCUT2D eigenvalue weighted by Gasteiger charge is -2.09. The molecule has 0 aliphatic heterocycles. The molecule has 1 aliphatic rings. The number of nitro groups is 1. The third-order valence-corrected chi connectivity index (χ3v) is 5.24. The number of benzene rings is 1. The molecule has 23 heavy (non-hydrogen) atoms. The summed E-state index contributed by atoms with van der Waals surface area (Å²) in [5.41, 5.74) is 1.04. The van der Waals surface area contributed by atoms with Gasteiger partial charge in [0.1, 0.15) is 10.2 Å². The van der Waals surface area contributed by atoms with Crippen molar-refractivity contribution in [1.82, 2.24) is 4.98 Å². The molecule has 0 spiro atoms. The lowest BCUT2D eigenvalue weighted by atomic mass is 9.97. The Hall–Kier alpha value is -2.54. The number of rotatable bonds is 2. The fourth-order valence-electron chi connectivity index (χ4n) is 2.97. The highest BCUT2D eigenvalue weighted by molar-refractivity contribution is 7.18. The van der Waals surface area contributed by atoms with Crippen molar-refractivity contribution < 1.29 is 9.34 Å². The number of hydrogen-bond donors (Lipinski definition) is 0. The van der Waals surface area contributed by atoms with Crippen molar-refractivity contribution >= 4 is 27.2 Å². The molecule has 7 heteroatoms. The molecule has 0 bridgehead atoms. The predicted octanol–water partition coefficient (Wildman–Crippen LogP) is 3.70. The fraction of sp³-hybridized carbons (Fsp3) is 0.250. The first-order valence-corrected chi connectivity index (χ1v) is 8.15. The van der Waals surface area contributed by atoms with Crippen molar-refractivity contribution in [3.05, 3.63) is 55.2 Å². The minimum absolute atomic E-state index is 0.0579. The molecule has 2 heterocycles. The van der Waals surface area contributed by atoms with Crippen LogP contribution in [0, 0.1) is 10.1 Å². The summed E-state index contributed by atoms with van der Waals surface area (Å²) in [5, 5.41) is 11.5. The SMILES string of the molecule is O=c1oc(-c2cccc([N+](=O)[O-])c2)nc2sc3c(c12)CCCC3. The van der Waals surface area contributed by atoms with Gasteiger partial charge in [0, 0.05) is 22.6 Å². The monoisotopic (exact) mass is 328 g/mol. The zero-order valence-electron chi connectivity index (χ0n) is 12.1. The van der Waals surface area contributed by atoms with Gasteiger partial charge in [0.2, 0.25) is 5.89 Å². The fourth-order valence-corrected chi connectivity index (χ4v) is 4.21. The van der Waals surface area contributed by atoms with Crippen LogP contribution in [0.15, 0.2) is 33.5 Å². The zero-order valence-corrected chi connectivity index (χ0v) is 12.9. The van der Waals surface area contributed by atoms with E-state index in [0.29, 0.717) is 15.8 Å². The van der Waals surface area contributed by atoms with Crippen molar-refractivity contribution in [2.45, 2.75) is 25.7 Å². The van der Waals surface area contributed by atoms with Crippen LogP contribution < -0.4 is 5.63 Å². The van der Waals surface area contributed by atoms with Crippen LogP contribution in [0.4, 0.5) is 5.69 Å². The van der Waals surface area contributed by atoms with Gasteiger partial charge in [0.25, 0.3) is 5.69 Å². The second-order valence-electron chi connectivity index (χ2n) is 5.50. The quantitative estimate of drug-likeness (QED) is 0.529. The maximum atomic E-state index is 12.4. The Morgan fingerprint density at radius 3 is 2.91 bits per heavy atom. The molecule has 3 aromatic rings. The smallest absolute Gasteiger partial charge is 0.348 e. The van der Waals surface area contributed by atoms with Crippen LogP contribution in [-0.2, 0) is 12.8 Å². The molecule has 4 rings (SSSR count). The van der Waals surface area contributed by atoms with Crippen LogP contribution in [0.2, 0.25) is 0 Å². The van der Waals surface area contributed by atoms with Crippen LogP contribution in [0.3, 0.4) is 0 Å². The number of nitro benzene ring substituents is 1. The molecule has 0 radical (unpaired) electrons. The van der Waals surface area contributed by atoms with E-state index in [2.05, 4.69) is 4.98 Å². The number of fused-ring (bicyclic) bond motifs is 3. The normalized spacial score (nSPS) is 13.9. The first-order valence-electron chi connectivity index (χ1n) is 7.34. The summed E-state index contributed by atoms with van der Waals surface area (Å²) in [6, 6.07) is 5.96. The average Bonchev–Trinajstić information content (AvgIpc) is 2.93. The largest absolute Gasteiger partial charge is 0.403 e. The number of aryl methyl sites for hydroxylation is 2. The van der Waals surface area contributed by atoms with Crippen LogP contribution >= 0.6 is 11.3 Å². The third-order valence-electron chi connectivity index (χ3n) is 4.05. The Balaban J connectivity index is 1.91. The summed E-state index contributed by atoms with van der Waals surface area (Å²) in [7, 11) is 0. The van der Waals surface area contributed by atoms with Crippen LogP contribution in [0.5, 0.6) is 0 Å². The van der Waals surface area contributed by atoms with Gasteiger partial charge in [-0.15, -0.1) is 11.3 Å². The number of aromatic nitrogens is 1. The van der Waals surface area contributed by atoms with E-state index in [0.717, 1.165) is 31.2 Å². The average molecular weight is 328 g/mol. The lowest BCUT2D eigenvalue weighted by Crippen LogP contribution is -2.06. The van der Waals surface area contributed by atoms with E-state index in [-0.39, 0.29) is 11.6 Å². The number of non-ortho nitro benzene ring substituents is 1. The van der Waals surface area contributed by atoms with Gasteiger partial charge in [-0.3, -0.25) is 10.1 Å². The highest BCUT2D eigenvalue weighted by Gasteiger charge is 2.21. The Morgan fingerprint density at radius 2 is 2.09 bits per heavy atom. The van der Waals surface area contributed by atoms with E-state index in [9.17, 15) is 14.9 Å². The zero-order chi connectivity index (χ0) is 16.0. The molecule has 6 nitrogen and oxygen atoms in total. The molecule has 0 saturated heterocycles. The van der Waals surface area contributed by atoms with Crippen molar-refractivity contribution in [3.8, 4) is 11.5 Å². The van der Waals surface area contributed by atoms with Crippen LogP contribution in [0.1, 0.15) is 23.3 Å². The van der Waals surface area contributed by atoms with E-state index in [1.54, 1.807) is 12.1 Å². The first kappa shape index (κ1) is 14.1. The molecule has 2 aromatic heterocycles. The molecule has 1 aromatic carbocycles. The van der Waals surface area contributed by atoms with Gasteiger partial charge in [-0.2, -0.15) is 0 Å². The molecule has 0 N–H and O–H groups in total. The van der Waals surface area contributed by atoms with Gasteiger partial charge >= 0.3 is 5.63 Å². The van der Waals surface area contributed by atoms with Gasteiger partial charge in [-0.05, 0) is 37.3 Å². The van der Waals surface area contributed by atoms with E-state index in [4.69, 9.17) is 4.42 Å². The summed E-state index contributed by atoms with van der Waals surface area (Å²) in [6.07, 6.45) is 4.06. The summed E-state index contributed by atoms with van der Waals surface area (Å²) in [6.45, 7) is 0. The number of thiophene rings is 1. The molecular weight excluding hydrogens is 316 g/mol.